The van der Waals surface area contributed by atoms with Crippen molar-refractivity contribution in [2.45, 2.75) is 142 Å². The lowest BCUT2D eigenvalue weighted by atomic mass is 9.40. The van der Waals surface area contributed by atoms with Gasteiger partial charge in [0.1, 0.15) is 0 Å². The van der Waals surface area contributed by atoms with E-state index in [4.69, 9.17) is 0 Å². The van der Waals surface area contributed by atoms with E-state index in [0.29, 0.717) is 0 Å². The van der Waals surface area contributed by atoms with Crippen molar-refractivity contribution in [3.8, 4) is 44.5 Å². The molecule has 8 aromatic rings. The van der Waals surface area contributed by atoms with Crippen molar-refractivity contribution in [2.75, 3.05) is 9.71 Å². The van der Waals surface area contributed by atoms with Gasteiger partial charge in [-0.25, -0.2) is 0 Å². The molecule has 0 spiro atoms. The minimum Gasteiger partial charge on any atom is -0.376 e. The minimum atomic E-state index is -0.283. The summed E-state index contributed by atoms with van der Waals surface area (Å²) in [5.74, 6) is 0. The van der Waals surface area contributed by atoms with Gasteiger partial charge in [-0.15, -0.1) is 0 Å². The van der Waals surface area contributed by atoms with Gasteiger partial charge in [-0.05, 0) is 172 Å². The summed E-state index contributed by atoms with van der Waals surface area (Å²) in [6.45, 7) is 33.9. The number of nitrogens with zero attached hydrogens (tertiary/aromatic N) is 2. The molecule has 0 saturated heterocycles. The molecule has 2 heterocycles. The van der Waals surface area contributed by atoms with Crippen LogP contribution in [0.1, 0.15) is 154 Å². The predicted octanol–water partition coefficient (Wildman–Crippen LogP) is 17.6. The second-order valence-electron chi connectivity index (χ2n) is 26.8. The number of anilines is 5. The average Bonchev–Trinajstić information content (AvgIpc) is 3.76. The Kier molecular flexibility index (Phi) is 9.52. The van der Waals surface area contributed by atoms with Crippen molar-refractivity contribution in [1.82, 2.24) is 0 Å². The van der Waals surface area contributed by atoms with E-state index in [1.54, 1.807) is 0 Å². The van der Waals surface area contributed by atoms with Crippen LogP contribution in [0.15, 0.2) is 152 Å². The normalized spacial score (nSPS) is 17.7. The molecule has 0 N–H and O–H groups in total. The van der Waals surface area contributed by atoms with Crippen molar-refractivity contribution in [3.63, 3.8) is 0 Å². The fourth-order valence-electron chi connectivity index (χ4n) is 14.5. The Labute approximate surface area is 436 Å². The highest BCUT2D eigenvalue weighted by atomic mass is 15.2. The van der Waals surface area contributed by atoms with E-state index in [-0.39, 0.29) is 39.3 Å². The zero-order valence-corrected chi connectivity index (χ0v) is 45.8. The molecule has 0 bridgehead atoms. The lowest BCUT2D eigenvalue weighted by molar-refractivity contribution is 0.332. The standard InChI is InChI=1S/C70H71BN2/c1-65(2,3)43-28-31-45(32-29-43)73-58-41-55-54(67(7,8)36-37-68(55,9)10)39-51(58)60-61-50(47-25-19-21-27-53(47)69(61,11)12)40-59-63(60)71(73)64-57(35-33-48-46-24-18-20-26-52(46)70(13,14)62(48)64)72(59)56-34-30-44(66(4,5)6)38-49(56)42-22-16-15-17-23-42/h15-35,38-41H,36-37H2,1-14H3. The van der Waals surface area contributed by atoms with E-state index in [2.05, 4.69) is 258 Å². The van der Waals surface area contributed by atoms with Crippen LogP contribution >= 0.6 is 0 Å². The van der Waals surface area contributed by atoms with Crippen LogP contribution in [0.5, 0.6) is 0 Å². The Bertz CT molecular complexity index is 3650. The SMILES string of the molecule is CC(C)(C)c1ccc(N2B3c4c(cc5c(c4-c4cc6c(cc42)C(C)(C)CCC6(C)C)C(C)(C)c2ccccc2-5)N(c2ccc(C(C)(C)C)cc2-c2ccccc2)c2ccc4c(c23)C(C)(C)c2ccccc2-4)cc1. The Morgan fingerprint density at radius 3 is 1.58 bits per heavy atom. The van der Waals surface area contributed by atoms with Gasteiger partial charge in [0.05, 0.1) is 5.69 Å². The van der Waals surface area contributed by atoms with Crippen LogP contribution in [-0.4, -0.2) is 6.85 Å². The van der Waals surface area contributed by atoms with Crippen LogP contribution < -0.4 is 20.6 Å². The van der Waals surface area contributed by atoms with Gasteiger partial charge in [-0.2, -0.15) is 0 Å². The number of hydrogen-bond acceptors (Lipinski definition) is 2. The van der Waals surface area contributed by atoms with Crippen molar-refractivity contribution in [2.24, 2.45) is 0 Å². The molecule has 0 saturated carbocycles. The van der Waals surface area contributed by atoms with Gasteiger partial charge in [0, 0.05) is 44.7 Å². The summed E-state index contributed by atoms with van der Waals surface area (Å²) in [6.07, 6.45) is 2.31. The molecule has 2 nitrogen and oxygen atoms in total. The van der Waals surface area contributed by atoms with Crippen LogP contribution in [0, 0.1) is 0 Å². The maximum Gasteiger partial charge on any atom is 0.333 e. The van der Waals surface area contributed by atoms with E-state index in [9.17, 15) is 0 Å². The molecular formula is C70H71BN2. The average molecular weight is 951 g/mol. The largest absolute Gasteiger partial charge is 0.376 e. The smallest absolute Gasteiger partial charge is 0.333 e. The summed E-state index contributed by atoms with van der Waals surface area (Å²) in [5, 5.41) is 0. The van der Waals surface area contributed by atoms with E-state index in [0.717, 1.165) is 12.8 Å². The summed E-state index contributed by atoms with van der Waals surface area (Å²) in [4.78, 5) is 5.55. The summed E-state index contributed by atoms with van der Waals surface area (Å²) in [7, 11) is 0. The van der Waals surface area contributed by atoms with Crippen molar-refractivity contribution in [1.29, 1.82) is 0 Å². The van der Waals surface area contributed by atoms with Gasteiger partial charge in [-0.1, -0.05) is 200 Å². The van der Waals surface area contributed by atoms with Crippen LogP contribution in [0.25, 0.3) is 44.5 Å². The number of benzene rings is 8. The molecule has 0 amide bonds. The van der Waals surface area contributed by atoms with Crippen molar-refractivity contribution < 1.29 is 0 Å². The fourth-order valence-corrected chi connectivity index (χ4v) is 14.5. The molecule has 13 rings (SSSR count). The van der Waals surface area contributed by atoms with Gasteiger partial charge in [0.15, 0.2) is 0 Å². The Hall–Kier alpha value is -6.58. The molecule has 0 radical (unpaired) electrons. The van der Waals surface area contributed by atoms with Crippen LogP contribution in [-0.2, 0) is 32.5 Å². The molecule has 3 heteroatoms. The van der Waals surface area contributed by atoms with Gasteiger partial charge in [-0.3, -0.25) is 0 Å². The van der Waals surface area contributed by atoms with E-state index >= 15 is 0 Å². The van der Waals surface area contributed by atoms with Crippen molar-refractivity contribution in [3.05, 3.63) is 196 Å². The van der Waals surface area contributed by atoms with Gasteiger partial charge in [0.25, 0.3) is 0 Å². The lowest BCUT2D eigenvalue weighted by Gasteiger charge is -2.50. The van der Waals surface area contributed by atoms with Gasteiger partial charge >= 0.3 is 6.85 Å². The van der Waals surface area contributed by atoms with Gasteiger partial charge < -0.3 is 9.71 Å². The van der Waals surface area contributed by atoms with E-state index in [1.807, 2.05) is 0 Å². The number of fused-ring (bicyclic) bond motifs is 13. The third-order valence-corrected chi connectivity index (χ3v) is 18.6. The topological polar surface area (TPSA) is 6.48 Å². The van der Waals surface area contributed by atoms with Gasteiger partial charge in [0.2, 0.25) is 0 Å². The van der Waals surface area contributed by atoms with Crippen molar-refractivity contribution >= 4 is 46.2 Å². The number of rotatable bonds is 3. The number of hydrogen-bond donors (Lipinski definition) is 0. The minimum absolute atomic E-state index is 0.0143. The summed E-state index contributed by atoms with van der Waals surface area (Å²) >= 11 is 0. The monoisotopic (exact) mass is 951 g/mol. The molecule has 5 aliphatic rings. The van der Waals surface area contributed by atoms with E-state index < -0.39 is 0 Å². The Morgan fingerprint density at radius 2 is 0.945 bits per heavy atom. The molecule has 2 aliphatic heterocycles. The predicted molar refractivity (Wildman–Crippen MR) is 313 cm³/mol. The molecular weight excluding hydrogens is 880 g/mol. The third kappa shape index (κ3) is 6.42. The molecule has 73 heavy (non-hydrogen) atoms. The zero-order chi connectivity index (χ0) is 51.1. The molecule has 3 aliphatic carbocycles. The summed E-state index contributed by atoms with van der Waals surface area (Å²) in [5.41, 5.74) is 30.6. The highest BCUT2D eigenvalue weighted by molar-refractivity contribution is 6.94. The Morgan fingerprint density at radius 1 is 0.397 bits per heavy atom. The second-order valence-corrected chi connectivity index (χ2v) is 26.8. The maximum absolute atomic E-state index is 2.82. The molecule has 8 aromatic carbocycles. The highest BCUT2D eigenvalue weighted by Crippen LogP contribution is 2.61. The van der Waals surface area contributed by atoms with Crippen LogP contribution in [0.4, 0.5) is 28.4 Å². The molecule has 0 fully saturated rings. The lowest BCUT2D eigenvalue weighted by Crippen LogP contribution is -2.63. The zero-order valence-electron chi connectivity index (χ0n) is 45.8. The molecule has 0 atom stereocenters. The molecule has 0 unspecified atom stereocenters. The fraction of sp³-hybridized carbons (Fsp3) is 0.314. The van der Waals surface area contributed by atoms with Crippen LogP contribution in [0.3, 0.4) is 0 Å². The van der Waals surface area contributed by atoms with Crippen LogP contribution in [0.2, 0.25) is 0 Å². The van der Waals surface area contributed by atoms with E-state index in [1.165, 1.54) is 128 Å². The molecule has 0 aromatic heterocycles. The second kappa shape index (κ2) is 15.0. The quantitative estimate of drug-likeness (QED) is 0.163. The first-order valence-electron chi connectivity index (χ1n) is 27.2. The molecule has 364 valence electrons. The first-order valence-corrected chi connectivity index (χ1v) is 27.2. The summed E-state index contributed by atoms with van der Waals surface area (Å²) < 4.78 is 0. The first-order chi connectivity index (χ1) is 34.5. The summed E-state index contributed by atoms with van der Waals surface area (Å²) in [6, 6.07) is 59.8. The highest BCUT2D eigenvalue weighted by Gasteiger charge is 2.54. The third-order valence-electron chi connectivity index (χ3n) is 18.6. The Balaban J connectivity index is 1.25. The first kappa shape index (κ1) is 46.2. The maximum atomic E-state index is 2.82.